The first kappa shape index (κ1) is 16.2. The maximum absolute atomic E-state index is 13.9. The van der Waals surface area contributed by atoms with Crippen LogP contribution in [0.25, 0.3) is 0 Å². The molecule has 1 aromatic carbocycles. The van der Waals surface area contributed by atoms with Crippen LogP contribution in [0.3, 0.4) is 0 Å². The number of sulfone groups is 1. The predicted octanol–water partition coefficient (Wildman–Crippen LogP) is 0.429. The monoisotopic (exact) mass is 336 g/mol. The van der Waals surface area contributed by atoms with Crippen molar-refractivity contribution in [2.45, 2.75) is 18.2 Å². The van der Waals surface area contributed by atoms with E-state index in [1.165, 1.54) is 13.0 Å². The molecule has 2 rings (SSSR count). The first-order valence-electron chi connectivity index (χ1n) is 6.36. The van der Waals surface area contributed by atoms with E-state index in [2.05, 4.69) is 4.72 Å². The topological polar surface area (TPSA) is 106 Å². The van der Waals surface area contributed by atoms with Crippen molar-refractivity contribution in [3.05, 3.63) is 23.5 Å². The maximum atomic E-state index is 13.9. The number of halogens is 1. The van der Waals surface area contributed by atoms with Gasteiger partial charge in [0.05, 0.1) is 11.5 Å². The Morgan fingerprint density at radius 2 is 2.10 bits per heavy atom. The van der Waals surface area contributed by atoms with Gasteiger partial charge in [0.2, 0.25) is 10.0 Å². The van der Waals surface area contributed by atoms with Gasteiger partial charge in [-0.2, -0.15) is 0 Å². The molecule has 1 heterocycles. The SMILES string of the molecule is Cc1cc(N)cc(S(=O)(=O)NCC2CCS(=O)(=O)C2)c1F. The summed E-state index contributed by atoms with van der Waals surface area (Å²) in [6, 6.07) is 2.40. The van der Waals surface area contributed by atoms with Crippen molar-refractivity contribution < 1.29 is 21.2 Å². The minimum absolute atomic E-state index is 0.0329. The average molecular weight is 336 g/mol. The van der Waals surface area contributed by atoms with Crippen LogP contribution < -0.4 is 10.5 Å². The van der Waals surface area contributed by atoms with Crippen molar-refractivity contribution in [3.8, 4) is 0 Å². The molecule has 21 heavy (non-hydrogen) atoms. The molecule has 1 atom stereocenters. The van der Waals surface area contributed by atoms with Gasteiger partial charge in [0, 0.05) is 12.2 Å². The molecule has 0 bridgehead atoms. The number of nitrogens with one attached hydrogen (secondary N) is 1. The van der Waals surface area contributed by atoms with Crippen molar-refractivity contribution in [1.29, 1.82) is 0 Å². The number of aryl methyl sites for hydroxylation is 1. The molecule has 118 valence electrons. The van der Waals surface area contributed by atoms with Crippen LogP contribution in [0.15, 0.2) is 17.0 Å². The van der Waals surface area contributed by atoms with E-state index in [0.717, 1.165) is 6.07 Å². The molecule has 0 radical (unpaired) electrons. The van der Waals surface area contributed by atoms with E-state index in [1.54, 1.807) is 0 Å². The molecule has 0 spiro atoms. The second-order valence-corrected chi connectivity index (χ2v) is 9.23. The van der Waals surface area contributed by atoms with E-state index in [-0.39, 0.29) is 35.2 Å². The van der Waals surface area contributed by atoms with Gasteiger partial charge >= 0.3 is 0 Å². The fourth-order valence-corrected chi connectivity index (χ4v) is 5.46. The molecule has 0 saturated carbocycles. The van der Waals surface area contributed by atoms with E-state index in [9.17, 15) is 21.2 Å². The van der Waals surface area contributed by atoms with Gasteiger partial charge in [-0.1, -0.05) is 0 Å². The van der Waals surface area contributed by atoms with Crippen LogP contribution in [-0.2, 0) is 19.9 Å². The zero-order valence-corrected chi connectivity index (χ0v) is 13.1. The summed E-state index contributed by atoms with van der Waals surface area (Å²) in [6.45, 7) is 1.39. The van der Waals surface area contributed by atoms with Crippen molar-refractivity contribution in [3.63, 3.8) is 0 Å². The third-order valence-electron chi connectivity index (χ3n) is 3.42. The highest BCUT2D eigenvalue weighted by molar-refractivity contribution is 7.91. The highest BCUT2D eigenvalue weighted by atomic mass is 32.2. The standard InChI is InChI=1S/C12H17FN2O4S2/c1-8-4-10(14)5-11(12(8)13)21(18,19)15-6-9-2-3-20(16,17)7-9/h4-5,9,15H,2-3,6-7,14H2,1H3. The number of rotatable bonds is 4. The van der Waals surface area contributed by atoms with Crippen LogP contribution in [0.5, 0.6) is 0 Å². The third-order valence-corrected chi connectivity index (χ3v) is 6.68. The lowest BCUT2D eigenvalue weighted by Crippen LogP contribution is -2.30. The predicted molar refractivity (Wildman–Crippen MR) is 77.5 cm³/mol. The number of sulfonamides is 1. The van der Waals surface area contributed by atoms with Gasteiger partial charge in [0.1, 0.15) is 10.7 Å². The maximum Gasteiger partial charge on any atom is 0.243 e. The van der Waals surface area contributed by atoms with E-state index < -0.39 is 30.6 Å². The molecule has 1 aliphatic heterocycles. The Labute approximate surface area is 123 Å². The zero-order valence-electron chi connectivity index (χ0n) is 11.5. The first-order chi connectivity index (χ1) is 9.61. The van der Waals surface area contributed by atoms with Crippen LogP contribution in [0.4, 0.5) is 10.1 Å². The fourth-order valence-electron chi connectivity index (χ4n) is 2.30. The Morgan fingerprint density at radius 3 is 2.67 bits per heavy atom. The summed E-state index contributed by atoms with van der Waals surface area (Å²) >= 11 is 0. The Hall–Kier alpha value is -1.19. The van der Waals surface area contributed by atoms with Crippen LogP contribution >= 0.6 is 0 Å². The Bertz CT molecular complexity index is 760. The van der Waals surface area contributed by atoms with E-state index >= 15 is 0 Å². The Balaban J connectivity index is 2.16. The minimum atomic E-state index is -4.06. The molecule has 1 saturated heterocycles. The van der Waals surface area contributed by atoms with Crippen LogP contribution in [0, 0.1) is 18.7 Å². The van der Waals surface area contributed by atoms with Crippen molar-refractivity contribution in [1.82, 2.24) is 4.72 Å². The average Bonchev–Trinajstić information content (AvgIpc) is 2.71. The highest BCUT2D eigenvalue weighted by Gasteiger charge is 2.29. The van der Waals surface area contributed by atoms with Crippen molar-refractivity contribution in [2.75, 3.05) is 23.8 Å². The summed E-state index contributed by atoms with van der Waals surface area (Å²) in [4.78, 5) is -0.513. The van der Waals surface area contributed by atoms with Crippen LogP contribution in [0.2, 0.25) is 0 Å². The van der Waals surface area contributed by atoms with Gasteiger partial charge in [-0.25, -0.2) is 25.9 Å². The second-order valence-electron chi connectivity index (χ2n) is 5.27. The molecule has 0 amide bonds. The van der Waals surface area contributed by atoms with E-state index in [4.69, 9.17) is 5.73 Å². The smallest absolute Gasteiger partial charge is 0.243 e. The molecular weight excluding hydrogens is 319 g/mol. The van der Waals surface area contributed by atoms with Gasteiger partial charge in [-0.3, -0.25) is 0 Å². The van der Waals surface area contributed by atoms with Gasteiger partial charge in [-0.05, 0) is 37.0 Å². The summed E-state index contributed by atoms with van der Waals surface area (Å²) in [5.41, 5.74) is 5.83. The van der Waals surface area contributed by atoms with Gasteiger partial charge in [0.25, 0.3) is 0 Å². The summed E-state index contributed by atoms with van der Waals surface area (Å²) in [7, 11) is -7.14. The molecule has 0 aliphatic carbocycles. The lowest BCUT2D eigenvalue weighted by Gasteiger charge is -2.12. The number of anilines is 1. The highest BCUT2D eigenvalue weighted by Crippen LogP contribution is 2.22. The summed E-state index contributed by atoms with van der Waals surface area (Å²) in [5.74, 6) is -1.12. The molecule has 6 nitrogen and oxygen atoms in total. The van der Waals surface area contributed by atoms with Gasteiger partial charge < -0.3 is 5.73 Å². The first-order valence-corrected chi connectivity index (χ1v) is 9.67. The number of nitrogens with two attached hydrogens (primary N) is 1. The van der Waals surface area contributed by atoms with Gasteiger partial charge in [-0.15, -0.1) is 0 Å². The van der Waals surface area contributed by atoms with E-state index in [1.807, 2.05) is 0 Å². The van der Waals surface area contributed by atoms with Crippen molar-refractivity contribution >= 4 is 25.5 Å². The lowest BCUT2D eigenvalue weighted by atomic mass is 10.1. The number of nitrogen functional groups attached to an aromatic ring is 1. The Morgan fingerprint density at radius 1 is 1.43 bits per heavy atom. The third kappa shape index (κ3) is 3.72. The molecule has 1 unspecified atom stereocenters. The van der Waals surface area contributed by atoms with Crippen LogP contribution in [0.1, 0.15) is 12.0 Å². The number of hydrogen-bond donors (Lipinski definition) is 2. The lowest BCUT2D eigenvalue weighted by molar-refractivity contribution is 0.531. The van der Waals surface area contributed by atoms with Crippen LogP contribution in [-0.4, -0.2) is 34.9 Å². The number of hydrogen-bond acceptors (Lipinski definition) is 5. The molecule has 1 aromatic rings. The largest absolute Gasteiger partial charge is 0.399 e. The quantitative estimate of drug-likeness (QED) is 0.776. The van der Waals surface area contributed by atoms with Crippen molar-refractivity contribution in [2.24, 2.45) is 5.92 Å². The molecule has 9 heteroatoms. The number of benzene rings is 1. The normalized spacial score (nSPS) is 21.5. The fraction of sp³-hybridized carbons (Fsp3) is 0.500. The van der Waals surface area contributed by atoms with Gasteiger partial charge in [0.15, 0.2) is 9.84 Å². The molecule has 1 fully saturated rings. The molecular formula is C12H17FN2O4S2. The van der Waals surface area contributed by atoms with E-state index in [0.29, 0.717) is 6.42 Å². The molecule has 0 aromatic heterocycles. The second kappa shape index (κ2) is 5.54. The minimum Gasteiger partial charge on any atom is -0.399 e. The Kier molecular flexibility index (Phi) is 4.27. The summed E-state index contributed by atoms with van der Waals surface area (Å²) in [5, 5.41) is 0. The molecule has 3 N–H and O–H groups in total. The molecule has 1 aliphatic rings. The zero-order chi connectivity index (χ0) is 15.8. The summed E-state index contributed by atoms with van der Waals surface area (Å²) < 4.78 is 63.1. The summed E-state index contributed by atoms with van der Waals surface area (Å²) in [6.07, 6.45) is 0.406.